The third kappa shape index (κ3) is 5.44. The third-order valence-corrected chi connectivity index (χ3v) is 5.67. The number of carbonyl (C=O) groups excluding carboxylic acids is 1. The molecule has 6 nitrogen and oxygen atoms in total. The molecule has 0 bridgehead atoms. The summed E-state index contributed by atoms with van der Waals surface area (Å²) in [5.74, 6) is -2.95. The minimum Gasteiger partial charge on any atom is -0.349 e. The zero-order chi connectivity index (χ0) is 21.9. The van der Waals surface area contributed by atoms with E-state index in [1.165, 1.54) is 14.2 Å². The highest BCUT2D eigenvalue weighted by molar-refractivity contribution is 6.76. The molecule has 1 aliphatic heterocycles. The quantitative estimate of drug-likeness (QED) is 0.505. The van der Waals surface area contributed by atoms with E-state index in [9.17, 15) is 4.79 Å². The number of halogens is 3. The monoisotopic (exact) mass is 465 g/mol. The first kappa shape index (κ1) is 24.4. The maximum Gasteiger partial charge on any atom is 0.273 e. The molecule has 1 heterocycles. The molecule has 1 amide bonds. The number of rotatable bonds is 6. The molecule has 9 heteroatoms. The second kappa shape index (κ2) is 9.10. The average Bonchev–Trinajstić information content (AvgIpc) is 2.69. The number of amides is 1. The molecule has 2 rings (SSSR count). The van der Waals surface area contributed by atoms with Crippen LogP contribution in [0.15, 0.2) is 42.5 Å². The molecule has 1 N–H and O–H groups in total. The van der Waals surface area contributed by atoms with Gasteiger partial charge in [-0.2, -0.15) is 0 Å². The SMILES string of the molecule is CO[C@]1(C)OC[C@@H](/C=C/[C@](C)(NC(=O)C(Cl)(Cl)Cl)c2ccccc2)O[C@@]1(C)OC. The van der Waals surface area contributed by atoms with Gasteiger partial charge >= 0.3 is 0 Å². The Bertz CT molecular complexity index is 741. The number of methoxy groups -OCH3 is 2. The summed E-state index contributed by atoms with van der Waals surface area (Å²) in [6, 6.07) is 9.31. The molecule has 29 heavy (non-hydrogen) atoms. The Morgan fingerprint density at radius 3 is 2.28 bits per heavy atom. The van der Waals surface area contributed by atoms with E-state index in [4.69, 9.17) is 53.8 Å². The molecule has 1 fully saturated rings. The fourth-order valence-corrected chi connectivity index (χ4v) is 3.12. The largest absolute Gasteiger partial charge is 0.349 e. The van der Waals surface area contributed by atoms with Gasteiger partial charge in [-0.1, -0.05) is 77.3 Å². The van der Waals surface area contributed by atoms with Crippen molar-refractivity contribution in [1.82, 2.24) is 5.32 Å². The van der Waals surface area contributed by atoms with Crippen LogP contribution in [0, 0.1) is 0 Å². The normalized spacial score (nSPS) is 30.1. The zero-order valence-electron chi connectivity index (χ0n) is 17.0. The molecule has 0 radical (unpaired) electrons. The summed E-state index contributed by atoms with van der Waals surface area (Å²) < 4.78 is 20.8. The van der Waals surface area contributed by atoms with Gasteiger partial charge in [0, 0.05) is 14.2 Å². The summed E-state index contributed by atoms with van der Waals surface area (Å²) >= 11 is 17.2. The van der Waals surface area contributed by atoms with Crippen LogP contribution in [-0.4, -0.2) is 48.2 Å². The van der Waals surface area contributed by atoms with Crippen molar-refractivity contribution in [2.75, 3.05) is 20.8 Å². The molecule has 1 aromatic carbocycles. The Hall–Kier alpha value is -0.860. The van der Waals surface area contributed by atoms with E-state index in [1.54, 1.807) is 32.9 Å². The highest BCUT2D eigenvalue weighted by Crippen LogP contribution is 2.37. The number of nitrogens with one attached hydrogen (secondary N) is 1. The van der Waals surface area contributed by atoms with E-state index in [0.717, 1.165) is 5.56 Å². The van der Waals surface area contributed by atoms with Crippen LogP contribution >= 0.6 is 34.8 Å². The number of alkyl halides is 3. The van der Waals surface area contributed by atoms with Crippen LogP contribution in [0.3, 0.4) is 0 Å². The van der Waals surface area contributed by atoms with Gasteiger partial charge in [0.05, 0.1) is 12.1 Å². The first-order chi connectivity index (χ1) is 13.4. The van der Waals surface area contributed by atoms with Gasteiger partial charge in [-0.15, -0.1) is 0 Å². The Morgan fingerprint density at radius 1 is 1.17 bits per heavy atom. The topological polar surface area (TPSA) is 66.0 Å². The molecule has 0 spiro atoms. The molecule has 1 aromatic rings. The number of hydrogen-bond donors (Lipinski definition) is 1. The predicted molar refractivity (Wildman–Crippen MR) is 113 cm³/mol. The molecule has 0 saturated carbocycles. The van der Waals surface area contributed by atoms with Gasteiger partial charge in [0.1, 0.15) is 6.10 Å². The predicted octanol–water partition coefficient (Wildman–Crippen LogP) is 4.09. The summed E-state index contributed by atoms with van der Waals surface area (Å²) in [7, 11) is 3.04. The van der Waals surface area contributed by atoms with E-state index in [0.29, 0.717) is 0 Å². The lowest BCUT2D eigenvalue weighted by Crippen LogP contribution is -2.62. The van der Waals surface area contributed by atoms with Crippen molar-refractivity contribution < 1.29 is 23.7 Å². The summed E-state index contributed by atoms with van der Waals surface area (Å²) in [6.07, 6.45) is 3.09. The molecule has 0 aliphatic carbocycles. The lowest BCUT2D eigenvalue weighted by atomic mass is 9.90. The van der Waals surface area contributed by atoms with E-state index < -0.39 is 32.9 Å². The molecular weight excluding hydrogens is 441 g/mol. The number of ether oxygens (including phenoxy) is 4. The van der Waals surface area contributed by atoms with Crippen molar-refractivity contribution >= 4 is 40.7 Å². The first-order valence-corrected chi connectivity index (χ1v) is 10.1. The van der Waals surface area contributed by atoms with Crippen LogP contribution in [0.5, 0.6) is 0 Å². The van der Waals surface area contributed by atoms with E-state index >= 15 is 0 Å². The fourth-order valence-electron chi connectivity index (χ4n) is 2.98. The van der Waals surface area contributed by atoms with Crippen LogP contribution in [0.4, 0.5) is 0 Å². The minimum absolute atomic E-state index is 0.225. The van der Waals surface area contributed by atoms with Crippen LogP contribution in [-0.2, 0) is 29.3 Å². The van der Waals surface area contributed by atoms with Crippen molar-refractivity contribution in [3.05, 3.63) is 48.0 Å². The van der Waals surface area contributed by atoms with Gasteiger partial charge in [-0.05, 0) is 26.3 Å². The number of carbonyl (C=O) groups is 1. The summed E-state index contributed by atoms with van der Waals surface area (Å²) in [5.41, 5.74) is -0.163. The number of benzene rings is 1. The maximum absolute atomic E-state index is 12.3. The second-order valence-electron chi connectivity index (χ2n) is 7.15. The van der Waals surface area contributed by atoms with Gasteiger partial charge < -0.3 is 24.3 Å². The number of hydrogen-bond acceptors (Lipinski definition) is 5. The van der Waals surface area contributed by atoms with Gasteiger partial charge in [-0.3, -0.25) is 4.79 Å². The lowest BCUT2D eigenvalue weighted by Gasteiger charge is -2.48. The first-order valence-electron chi connectivity index (χ1n) is 8.95. The molecule has 1 saturated heterocycles. The second-order valence-corrected chi connectivity index (χ2v) is 9.43. The smallest absolute Gasteiger partial charge is 0.273 e. The molecule has 1 aliphatic rings. The Kier molecular flexibility index (Phi) is 7.66. The van der Waals surface area contributed by atoms with Crippen LogP contribution in [0.25, 0.3) is 0 Å². The summed E-state index contributed by atoms with van der Waals surface area (Å²) in [5, 5.41) is 2.78. The highest BCUT2D eigenvalue weighted by Gasteiger charge is 2.53. The van der Waals surface area contributed by atoms with Crippen molar-refractivity contribution in [3.63, 3.8) is 0 Å². The van der Waals surface area contributed by atoms with Gasteiger partial charge in [0.25, 0.3) is 9.70 Å². The van der Waals surface area contributed by atoms with Gasteiger partial charge in [0.2, 0.25) is 11.6 Å². The van der Waals surface area contributed by atoms with Crippen molar-refractivity contribution in [2.24, 2.45) is 0 Å². The Morgan fingerprint density at radius 2 is 1.76 bits per heavy atom. The van der Waals surface area contributed by atoms with Crippen LogP contribution < -0.4 is 5.32 Å². The van der Waals surface area contributed by atoms with Crippen LogP contribution in [0.1, 0.15) is 26.3 Å². The van der Waals surface area contributed by atoms with E-state index in [1.807, 2.05) is 30.3 Å². The van der Waals surface area contributed by atoms with Crippen molar-refractivity contribution in [1.29, 1.82) is 0 Å². The summed E-state index contributed by atoms with van der Waals surface area (Å²) in [4.78, 5) is 12.3. The summed E-state index contributed by atoms with van der Waals surface area (Å²) in [6.45, 7) is 5.50. The van der Waals surface area contributed by atoms with Gasteiger partial charge in [-0.25, -0.2) is 0 Å². The Balaban J connectivity index is 2.30. The van der Waals surface area contributed by atoms with Gasteiger partial charge in [0.15, 0.2) is 0 Å². The fraction of sp³-hybridized carbons (Fsp3) is 0.550. The average molecular weight is 467 g/mol. The van der Waals surface area contributed by atoms with Crippen LogP contribution in [0.2, 0.25) is 0 Å². The minimum atomic E-state index is -2.09. The molecule has 4 atom stereocenters. The lowest BCUT2D eigenvalue weighted by molar-refractivity contribution is -0.425. The Labute approximate surface area is 186 Å². The maximum atomic E-state index is 12.3. The standard InChI is InChI=1S/C20H26Cl3NO5/c1-17(14-9-7-6-8-10-14,24-16(25)20(21,22)23)12-11-15-13-28-18(2,26-4)19(3,27-5)29-15/h6-12,15H,13H2,1-5H3,(H,24,25)/b12-11+/t15-,17+,18-,19-/m1/s1. The molecule has 162 valence electrons. The molecule has 0 unspecified atom stereocenters. The van der Waals surface area contributed by atoms with E-state index in [-0.39, 0.29) is 6.61 Å². The van der Waals surface area contributed by atoms with Crippen molar-refractivity contribution in [2.45, 2.75) is 47.8 Å². The zero-order valence-corrected chi connectivity index (χ0v) is 19.3. The molecular formula is C20H26Cl3NO5. The van der Waals surface area contributed by atoms with Crippen molar-refractivity contribution in [3.8, 4) is 0 Å². The third-order valence-electron chi connectivity index (χ3n) is 5.15. The highest BCUT2D eigenvalue weighted by atomic mass is 35.6. The van der Waals surface area contributed by atoms with E-state index in [2.05, 4.69) is 5.32 Å². The molecule has 0 aromatic heterocycles.